The van der Waals surface area contributed by atoms with E-state index in [2.05, 4.69) is 86.8 Å². The minimum Gasteiger partial charge on any atom is -0.545 e. The van der Waals surface area contributed by atoms with Crippen LogP contribution in [0.3, 0.4) is 0 Å². The summed E-state index contributed by atoms with van der Waals surface area (Å²) in [5.41, 5.74) is 0. The van der Waals surface area contributed by atoms with E-state index in [1.807, 2.05) is 21.1 Å². The summed E-state index contributed by atoms with van der Waals surface area (Å²) < 4.78 is 22.8. The highest BCUT2D eigenvalue weighted by Gasteiger charge is 2.22. The first-order valence-corrected chi connectivity index (χ1v) is 37.1. The molecule has 0 radical (unpaired) electrons. The van der Waals surface area contributed by atoms with Gasteiger partial charge in [-0.25, -0.2) is 0 Å². The Morgan fingerprint density at radius 1 is 0.345 bits per heavy atom. The lowest BCUT2D eigenvalue weighted by molar-refractivity contribution is -0.870. The molecule has 0 saturated heterocycles. The van der Waals surface area contributed by atoms with E-state index in [9.17, 15) is 19.5 Å². The zero-order valence-electron chi connectivity index (χ0n) is 57.9. The van der Waals surface area contributed by atoms with Crippen molar-refractivity contribution in [2.24, 2.45) is 0 Å². The normalized spacial score (nSPS) is 13.1. The van der Waals surface area contributed by atoms with Crippen molar-refractivity contribution in [1.82, 2.24) is 0 Å². The van der Waals surface area contributed by atoms with Gasteiger partial charge < -0.3 is 33.3 Å². The van der Waals surface area contributed by atoms with Crippen molar-refractivity contribution >= 4 is 17.9 Å². The summed E-state index contributed by atoms with van der Waals surface area (Å²) in [6.07, 6.45) is 88.5. The molecule has 0 rings (SSSR count). The first-order chi connectivity index (χ1) is 42.6. The summed E-state index contributed by atoms with van der Waals surface area (Å²) in [6.45, 7) is 4.77. The molecular weight excluding hydrogens is 1080 g/mol. The van der Waals surface area contributed by atoms with E-state index in [1.54, 1.807) is 0 Å². The van der Waals surface area contributed by atoms with Gasteiger partial charge in [-0.05, 0) is 89.9 Å². The molecule has 0 amide bonds. The highest BCUT2D eigenvalue weighted by molar-refractivity contribution is 5.70. The van der Waals surface area contributed by atoms with E-state index >= 15 is 0 Å². The molecule has 0 aromatic carbocycles. The Morgan fingerprint density at radius 2 is 0.621 bits per heavy atom. The number of quaternary nitrogens is 1. The quantitative estimate of drug-likeness (QED) is 0.0195. The molecule has 0 aliphatic carbocycles. The first-order valence-electron chi connectivity index (χ1n) is 37.1. The number of unbranched alkanes of at least 4 members (excludes halogenated alkanes) is 42. The summed E-state index contributed by atoms with van der Waals surface area (Å²) in [7, 11) is 5.94. The third kappa shape index (κ3) is 70.1. The molecule has 0 N–H and O–H groups in total. The number of carbonyl (C=O) groups excluding carboxylic acids is 3. The van der Waals surface area contributed by atoms with Gasteiger partial charge in [-0.2, -0.15) is 0 Å². The van der Waals surface area contributed by atoms with Crippen molar-refractivity contribution in [2.75, 3.05) is 47.5 Å². The molecule has 0 aliphatic heterocycles. The minimum atomic E-state index is -1.62. The lowest BCUT2D eigenvalue weighted by atomic mass is 10.0. The maximum absolute atomic E-state index is 13.0. The van der Waals surface area contributed by atoms with Gasteiger partial charge in [0.1, 0.15) is 13.2 Å². The van der Waals surface area contributed by atoms with Crippen molar-refractivity contribution in [3.63, 3.8) is 0 Å². The van der Waals surface area contributed by atoms with Crippen molar-refractivity contribution < 1.29 is 42.9 Å². The van der Waals surface area contributed by atoms with Crippen molar-refractivity contribution in [3.8, 4) is 0 Å². The fourth-order valence-corrected chi connectivity index (χ4v) is 10.7. The number of ether oxygens (including phenoxy) is 4. The van der Waals surface area contributed by atoms with Crippen LogP contribution in [-0.2, 0) is 33.3 Å². The second-order valence-corrected chi connectivity index (χ2v) is 26.2. The van der Waals surface area contributed by atoms with Crippen LogP contribution in [0.25, 0.3) is 0 Å². The van der Waals surface area contributed by atoms with Gasteiger partial charge in [-0.1, -0.05) is 318 Å². The van der Waals surface area contributed by atoms with Gasteiger partial charge >= 0.3 is 11.9 Å². The molecule has 0 saturated carbocycles. The van der Waals surface area contributed by atoms with Crippen LogP contribution in [0, 0.1) is 0 Å². The summed E-state index contributed by atoms with van der Waals surface area (Å²) >= 11 is 0. The van der Waals surface area contributed by atoms with Gasteiger partial charge in [0.05, 0.1) is 40.3 Å². The Kier molecular flexibility index (Phi) is 66.1. The number of allylic oxidation sites excluding steroid dienone is 12. The molecular formula is C78H141NO8. The molecule has 506 valence electrons. The summed E-state index contributed by atoms with van der Waals surface area (Å²) in [5.74, 6) is -2.26. The summed E-state index contributed by atoms with van der Waals surface area (Å²) in [4.78, 5) is 37.5. The highest BCUT2D eigenvalue weighted by Crippen LogP contribution is 2.18. The molecule has 0 heterocycles. The van der Waals surface area contributed by atoms with Crippen LogP contribution >= 0.6 is 0 Å². The number of rotatable bonds is 69. The maximum Gasteiger partial charge on any atom is 0.306 e. The topological polar surface area (TPSA) is 111 Å². The predicted octanol–water partition coefficient (Wildman–Crippen LogP) is 21.9. The molecule has 0 bridgehead atoms. The third-order valence-electron chi connectivity index (χ3n) is 16.4. The smallest absolute Gasteiger partial charge is 0.306 e. The fraction of sp³-hybridized carbons (Fsp3) is 0.808. The molecule has 0 fully saturated rings. The molecule has 0 spiro atoms. The van der Waals surface area contributed by atoms with E-state index in [4.69, 9.17) is 18.9 Å². The third-order valence-corrected chi connectivity index (χ3v) is 16.4. The lowest BCUT2D eigenvalue weighted by Gasteiger charge is -2.26. The monoisotopic (exact) mass is 1220 g/mol. The first kappa shape index (κ1) is 83.7. The number of carbonyl (C=O) groups is 3. The Bertz CT molecular complexity index is 1660. The number of aliphatic carboxylic acids is 1. The second kappa shape index (κ2) is 68.6. The molecule has 0 aromatic rings. The fourth-order valence-electron chi connectivity index (χ4n) is 10.7. The molecule has 0 aliphatic rings. The van der Waals surface area contributed by atoms with Crippen molar-refractivity contribution in [3.05, 3.63) is 72.9 Å². The van der Waals surface area contributed by atoms with Gasteiger partial charge in [0.2, 0.25) is 0 Å². The summed E-state index contributed by atoms with van der Waals surface area (Å²) in [6, 6.07) is 0. The molecule has 0 aromatic heterocycles. The van der Waals surface area contributed by atoms with Gasteiger partial charge in [-0.15, -0.1) is 0 Å². The van der Waals surface area contributed by atoms with Gasteiger partial charge in [0.25, 0.3) is 0 Å². The van der Waals surface area contributed by atoms with Crippen molar-refractivity contribution in [1.29, 1.82) is 0 Å². The van der Waals surface area contributed by atoms with E-state index in [-0.39, 0.29) is 32.2 Å². The number of nitrogens with zero attached hydrogens (tertiary/aromatic N) is 1. The average molecular weight is 1220 g/mol. The van der Waals surface area contributed by atoms with Crippen LogP contribution in [-0.4, -0.2) is 82.3 Å². The Balaban J connectivity index is 4.07. The summed E-state index contributed by atoms with van der Waals surface area (Å²) in [5, 5.41) is 11.8. The highest BCUT2D eigenvalue weighted by atomic mass is 16.7. The second-order valence-electron chi connectivity index (χ2n) is 26.2. The van der Waals surface area contributed by atoms with Crippen LogP contribution in [0.4, 0.5) is 0 Å². The lowest BCUT2D eigenvalue weighted by Crippen LogP contribution is -2.44. The molecule has 9 nitrogen and oxygen atoms in total. The minimum absolute atomic E-state index is 0.147. The van der Waals surface area contributed by atoms with E-state index in [0.717, 1.165) is 57.8 Å². The predicted molar refractivity (Wildman–Crippen MR) is 371 cm³/mol. The Hall–Kier alpha value is -3.27. The van der Waals surface area contributed by atoms with Crippen LogP contribution < -0.4 is 5.11 Å². The molecule has 87 heavy (non-hydrogen) atoms. The number of hydrogen-bond donors (Lipinski definition) is 0. The number of esters is 2. The number of likely N-dealkylation sites (N-methyl/N-ethyl adjacent to an activating group) is 1. The average Bonchev–Trinajstić information content (AvgIpc) is 3.51. The largest absolute Gasteiger partial charge is 0.545 e. The van der Waals surface area contributed by atoms with Gasteiger partial charge in [0, 0.05) is 12.8 Å². The zero-order valence-corrected chi connectivity index (χ0v) is 57.9. The zero-order chi connectivity index (χ0) is 63.3. The molecule has 2 atom stereocenters. The van der Waals surface area contributed by atoms with Crippen LogP contribution in [0.1, 0.15) is 348 Å². The molecule has 2 unspecified atom stereocenters. The van der Waals surface area contributed by atoms with Gasteiger partial charge in [0.15, 0.2) is 12.4 Å². The number of hydrogen-bond acceptors (Lipinski definition) is 8. The van der Waals surface area contributed by atoms with Crippen molar-refractivity contribution in [2.45, 2.75) is 360 Å². The Labute approximate surface area is 538 Å². The van der Waals surface area contributed by atoms with Crippen LogP contribution in [0.2, 0.25) is 0 Å². The standard InChI is InChI=1S/C78H141NO8/c1-6-8-10-12-14-16-18-20-22-24-26-28-30-32-34-36-38-40-42-44-46-48-50-52-54-56-58-60-62-64-66-68-75(80)85-72-74(73-86-78(77(82)83)84-71-70-79(3,4)5)87-76(81)69-67-65-63-61-59-57-55-53-51-49-47-45-43-41-39-37-35-33-31-29-27-25-23-21-19-17-15-13-11-9-7-2/h18-21,24-27,30-33,74,78H,6-17,22-23,28-29,34-73H2,1-5H3/b20-18-,21-19-,26-24-,27-25-,32-30-,33-31-. The van der Waals surface area contributed by atoms with E-state index in [1.165, 1.54) is 257 Å². The van der Waals surface area contributed by atoms with Gasteiger partial charge in [-0.3, -0.25) is 9.59 Å². The van der Waals surface area contributed by atoms with Crippen LogP contribution in [0.15, 0.2) is 72.9 Å². The Morgan fingerprint density at radius 3 is 0.920 bits per heavy atom. The SMILES string of the molecule is CCCCCCC/C=C\C/C=C\C/C=C\CCCCCCCCCCCCCCCCCCC(=O)OCC(COC(OCC[N+](C)(C)C)C(=O)[O-])OC(=O)CCCCCCCCCCCCCCCCCC/C=C\C/C=C\C/C=C\CCCCCCC. The maximum atomic E-state index is 13.0. The van der Waals surface area contributed by atoms with E-state index < -0.39 is 24.3 Å². The van der Waals surface area contributed by atoms with E-state index in [0.29, 0.717) is 23.9 Å². The molecule has 9 heteroatoms. The number of carboxylic acids is 1. The van der Waals surface area contributed by atoms with Crippen LogP contribution in [0.5, 0.6) is 0 Å². The number of carboxylic acid groups (broad SMARTS) is 1.